The summed E-state index contributed by atoms with van der Waals surface area (Å²) in [6.45, 7) is 1.97. The van der Waals surface area contributed by atoms with Crippen LogP contribution in [-0.4, -0.2) is 206 Å². The summed E-state index contributed by atoms with van der Waals surface area (Å²) in [5.41, 5.74) is -2.43. The number of fused-ring (bicyclic) bond motifs is 4. The number of ketones is 1. The molecule has 19 nitrogen and oxygen atoms in total. The number of nitrogens with zero attached hydrogens (tertiary/aromatic N) is 4. The molecule has 8 fully saturated rings. The van der Waals surface area contributed by atoms with Crippen molar-refractivity contribution in [2.45, 2.75) is 111 Å². The van der Waals surface area contributed by atoms with Crippen molar-refractivity contribution < 1.29 is 112 Å². The summed E-state index contributed by atoms with van der Waals surface area (Å²) in [4.78, 5) is 64.3. The van der Waals surface area contributed by atoms with Gasteiger partial charge < -0.3 is 53.3 Å². The molecule has 0 spiro atoms. The standard InChI is InChI=1S/C18H22F3NO4.C18H20F3NO4.C18H18F3NO4.C8H11NO3/c3*1-22-9-16-14(8-17(24)26-16)15(22)6-5-12(23)10-25-13-4-2-3-11(7-13)18(19,20)21;1-9-3-7-5(6(9)4-10)2-8(11)12-7/h2-7,12,14-17,23-24H,8-10H2,1H3;2-7,12,14-16,23H,8-10H2,1H3;2-7,14-16H,8-10H2,1H3;4-7H,2-3H2,1H3/b3*6-5+;/t12?,14-,15-,16?,17?;12?,14-,15-,16?;14-,15-,16?;5-,6-,7+/m1111/s1. The molecule has 0 aliphatic carbocycles. The first-order chi connectivity index (χ1) is 42.4. The van der Waals surface area contributed by atoms with Crippen LogP contribution in [0, 0.1) is 23.7 Å². The van der Waals surface area contributed by atoms with Crippen molar-refractivity contribution in [1.82, 2.24) is 19.6 Å². The van der Waals surface area contributed by atoms with Crippen LogP contribution in [0.1, 0.15) is 42.4 Å². The van der Waals surface area contributed by atoms with Gasteiger partial charge in [-0.25, -0.2) is 0 Å². The first-order valence-corrected chi connectivity index (χ1v) is 29.0. The summed E-state index contributed by atoms with van der Waals surface area (Å²) in [7, 11) is 7.61. The average molecular weight is 1280 g/mol. The van der Waals surface area contributed by atoms with Gasteiger partial charge in [0.05, 0.1) is 48.1 Å². The zero-order valence-corrected chi connectivity index (χ0v) is 49.3. The monoisotopic (exact) mass is 1280 g/mol. The molecule has 492 valence electrons. The molecule has 28 heteroatoms. The Morgan fingerprint density at radius 1 is 0.544 bits per heavy atom. The van der Waals surface area contributed by atoms with Crippen molar-refractivity contribution in [3.63, 3.8) is 0 Å². The fourth-order valence-electron chi connectivity index (χ4n) is 12.4. The number of hydrogen-bond donors (Lipinski definition) is 3. The van der Waals surface area contributed by atoms with E-state index in [0.29, 0.717) is 51.9 Å². The normalized spacial score (nSPS) is 29.9. The lowest BCUT2D eigenvalue weighted by Crippen LogP contribution is -2.31. The van der Waals surface area contributed by atoms with E-state index in [4.69, 9.17) is 33.2 Å². The first kappa shape index (κ1) is 69.0. The molecule has 8 aliphatic heterocycles. The van der Waals surface area contributed by atoms with Gasteiger partial charge >= 0.3 is 36.4 Å². The van der Waals surface area contributed by atoms with Crippen LogP contribution in [0.2, 0.25) is 0 Å². The van der Waals surface area contributed by atoms with Gasteiger partial charge in [-0.3, -0.25) is 38.8 Å². The topological polar surface area (TPSA) is 224 Å². The zero-order valence-electron chi connectivity index (χ0n) is 49.3. The number of likely N-dealkylation sites (tertiary alicyclic amines) is 4. The van der Waals surface area contributed by atoms with E-state index in [2.05, 4.69) is 4.90 Å². The lowest BCUT2D eigenvalue weighted by atomic mass is 9.96. The SMILES string of the molecule is CN1CC2OC(=O)C[C@@H]2[C@H]1/C=C/C(=O)COc1cccc(C(F)(F)F)c1.CN1CC2OC(=O)C[C@@H]2[C@H]1/C=C/C(O)COc1cccc(C(F)(F)F)c1.CN1CC2OC(O)C[C@@H]2[C@H]1/C=C/C(O)COc1cccc(C(F)(F)F)c1.CN1C[C@@H]2OC(=O)C[C@@H]2[C@H]1C=O. The molecule has 11 rings (SSSR count). The first-order valence-electron chi connectivity index (χ1n) is 29.0. The van der Waals surface area contributed by atoms with Crippen LogP contribution in [0.3, 0.4) is 0 Å². The highest BCUT2D eigenvalue weighted by molar-refractivity contribution is 5.91. The van der Waals surface area contributed by atoms with Gasteiger partial charge in [-0.05, 0) is 88.9 Å². The molecule has 8 saturated heterocycles. The second-order valence-corrected chi connectivity index (χ2v) is 23.3. The Hall–Kier alpha value is -6.92. The van der Waals surface area contributed by atoms with Crippen LogP contribution in [0.5, 0.6) is 17.2 Å². The summed E-state index contributed by atoms with van der Waals surface area (Å²) >= 11 is 0. The number of aliphatic hydroxyl groups is 3. The number of benzene rings is 3. The molecule has 0 amide bonds. The van der Waals surface area contributed by atoms with Gasteiger partial charge in [0.15, 0.2) is 18.7 Å². The number of ether oxygens (including phenoxy) is 7. The van der Waals surface area contributed by atoms with E-state index in [1.54, 1.807) is 24.3 Å². The quantitative estimate of drug-likeness (QED) is 0.0364. The lowest BCUT2D eigenvalue weighted by molar-refractivity contribution is -0.142. The van der Waals surface area contributed by atoms with E-state index in [1.165, 1.54) is 42.5 Å². The van der Waals surface area contributed by atoms with Gasteiger partial charge in [0, 0.05) is 74.4 Å². The average Bonchev–Trinajstić information content (AvgIpc) is 1.96. The maximum absolute atomic E-state index is 12.7. The van der Waals surface area contributed by atoms with E-state index in [-0.39, 0.29) is 133 Å². The maximum Gasteiger partial charge on any atom is 0.416 e. The summed E-state index contributed by atoms with van der Waals surface area (Å²) in [5.74, 6) is -0.573. The Morgan fingerprint density at radius 3 is 1.30 bits per heavy atom. The van der Waals surface area contributed by atoms with Gasteiger partial charge in [0.1, 0.15) is 67.3 Å². The number of aldehydes is 1. The summed E-state index contributed by atoms with van der Waals surface area (Å²) in [5, 5.41) is 29.7. The molecule has 8 aliphatic rings. The van der Waals surface area contributed by atoms with E-state index in [1.807, 2.05) is 49.0 Å². The maximum atomic E-state index is 12.7. The Balaban J connectivity index is 0.000000159. The number of likely N-dealkylation sites (N-methyl/N-ethyl adjacent to an activating group) is 4. The summed E-state index contributed by atoms with van der Waals surface area (Å²) in [6.07, 6.45) is -4.05. The molecule has 6 unspecified atom stereocenters. The van der Waals surface area contributed by atoms with Crippen LogP contribution < -0.4 is 14.2 Å². The number of carbonyl (C=O) groups is 5. The predicted molar refractivity (Wildman–Crippen MR) is 300 cm³/mol. The fourth-order valence-corrected chi connectivity index (χ4v) is 12.4. The minimum atomic E-state index is -4.46. The predicted octanol–water partition coefficient (Wildman–Crippen LogP) is 6.17. The molecule has 0 bridgehead atoms. The smallest absolute Gasteiger partial charge is 0.416 e. The van der Waals surface area contributed by atoms with Crippen molar-refractivity contribution >= 4 is 30.0 Å². The molecule has 90 heavy (non-hydrogen) atoms. The third-order valence-electron chi connectivity index (χ3n) is 16.8. The lowest BCUT2D eigenvalue weighted by Gasteiger charge is -2.20. The van der Waals surface area contributed by atoms with Crippen molar-refractivity contribution in [3.05, 3.63) is 126 Å². The van der Waals surface area contributed by atoms with Gasteiger partial charge in [-0.1, -0.05) is 48.6 Å². The van der Waals surface area contributed by atoms with Crippen molar-refractivity contribution in [2.75, 3.05) is 74.2 Å². The minimum absolute atomic E-state index is 0.0148. The molecule has 3 aromatic carbocycles. The summed E-state index contributed by atoms with van der Waals surface area (Å²) < 4.78 is 151. The molecule has 3 aromatic rings. The van der Waals surface area contributed by atoms with Gasteiger partial charge in [-0.15, -0.1) is 0 Å². The number of esters is 3. The third kappa shape index (κ3) is 18.2. The second-order valence-electron chi connectivity index (χ2n) is 23.3. The zero-order chi connectivity index (χ0) is 65.4. The van der Waals surface area contributed by atoms with Crippen molar-refractivity contribution in [3.8, 4) is 17.2 Å². The van der Waals surface area contributed by atoms with E-state index >= 15 is 0 Å². The van der Waals surface area contributed by atoms with Gasteiger partial charge in [0.25, 0.3) is 0 Å². The van der Waals surface area contributed by atoms with E-state index in [0.717, 1.165) is 42.7 Å². The molecule has 8 heterocycles. The molecule has 0 radical (unpaired) electrons. The van der Waals surface area contributed by atoms with Crippen LogP contribution >= 0.6 is 0 Å². The highest BCUT2D eigenvalue weighted by atomic mass is 19.4. The van der Waals surface area contributed by atoms with E-state index < -0.39 is 53.7 Å². The molecule has 3 N–H and O–H groups in total. The number of halogens is 9. The van der Waals surface area contributed by atoms with Crippen LogP contribution in [0.4, 0.5) is 39.5 Å². The Morgan fingerprint density at radius 2 is 0.900 bits per heavy atom. The highest BCUT2D eigenvalue weighted by Gasteiger charge is 2.50. The Kier molecular flexibility index (Phi) is 22.7. The van der Waals surface area contributed by atoms with Gasteiger partial charge in [-0.2, -0.15) is 39.5 Å². The van der Waals surface area contributed by atoms with Crippen LogP contribution in [0.25, 0.3) is 0 Å². The molecular formula is C62H71F9N4O15. The Bertz CT molecular complexity index is 3080. The molecule has 0 saturated carbocycles. The van der Waals surface area contributed by atoms with E-state index in [9.17, 15) is 78.8 Å². The largest absolute Gasteiger partial charge is 0.491 e. The van der Waals surface area contributed by atoms with Crippen LogP contribution in [0.15, 0.2) is 109 Å². The van der Waals surface area contributed by atoms with Gasteiger partial charge in [0.2, 0.25) is 0 Å². The number of alkyl halides is 9. The molecule has 15 atom stereocenters. The number of hydrogen-bond acceptors (Lipinski definition) is 19. The van der Waals surface area contributed by atoms with Crippen molar-refractivity contribution in [1.29, 1.82) is 0 Å². The third-order valence-corrected chi connectivity index (χ3v) is 16.8. The fraction of sp³-hybridized carbons (Fsp3) is 0.532. The highest BCUT2D eigenvalue weighted by Crippen LogP contribution is 2.40. The molecular weight excluding hydrogens is 1210 g/mol. The minimum Gasteiger partial charge on any atom is -0.491 e. The second kappa shape index (κ2) is 29.6. The van der Waals surface area contributed by atoms with Crippen molar-refractivity contribution in [2.24, 2.45) is 23.7 Å². The van der Waals surface area contributed by atoms with Crippen LogP contribution in [-0.2, 0) is 61.4 Å². The number of carbonyl (C=O) groups excluding carboxylic acids is 5. The Labute approximate surface area is 512 Å². The number of rotatable bonds is 16. The molecule has 0 aromatic heterocycles. The summed E-state index contributed by atoms with van der Waals surface area (Å²) in [6, 6.07) is 13.2. The number of aliphatic hydroxyl groups excluding tert-OH is 3.